The number of rotatable bonds is 5. The smallest absolute Gasteiger partial charge is 0.317 e. The van der Waals surface area contributed by atoms with Gasteiger partial charge in [-0.1, -0.05) is 68.3 Å². The van der Waals surface area contributed by atoms with E-state index in [1.54, 1.807) is 0 Å². The zero-order valence-electron chi connectivity index (χ0n) is 15.8. The number of amides is 2. The Labute approximate surface area is 150 Å². The van der Waals surface area contributed by atoms with Crippen LogP contribution in [0.4, 0.5) is 4.79 Å². The molecule has 2 aromatic rings. The summed E-state index contributed by atoms with van der Waals surface area (Å²) >= 11 is 0. The van der Waals surface area contributed by atoms with Gasteiger partial charge >= 0.3 is 6.03 Å². The molecule has 25 heavy (non-hydrogen) atoms. The van der Waals surface area contributed by atoms with Crippen molar-refractivity contribution in [2.75, 3.05) is 6.73 Å². The first-order valence-corrected chi connectivity index (χ1v) is 8.57. The van der Waals surface area contributed by atoms with Crippen molar-refractivity contribution in [3.05, 3.63) is 64.7 Å². The fraction of sp³-hybridized carbons (Fsp3) is 0.381. The number of aryl methyl sites for hydroxylation is 2. The van der Waals surface area contributed by atoms with Crippen molar-refractivity contribution in [3.8, 4) is 5.75 Å². The van der Waals surface area contributed by atoms with Crippen molar-refractivity contribution in [3.63, 3.8) is 0 Å². The largest absolute Gasteiger partial charge is 0.473 e. The summed E-state index contributed by atoms with van der Waals surface area (Å²) in [5.74, 6) is 0.803. The molecule has 0 unspecified atom stereocenters. The number of urea groups is 1. The Morgan fingerprint density at radius 2 is 1.60 bits per heavy atom. The third-order valence-corrected chi connectivity index (χ3v) is 3.98. The molecular formula is C21H28N2O2. The van der Waals surface area contributed by atoms with Crippen molar-refractivity contribution < 1.29 is 9.53 Å². The summed E-state index contributed by atoms with van der Waals surface area (Å²) in [7, 11) is 0. The lowest BCUT2D eigenvalue weighted by Gasteiger charge is -2.23. The molecule has 0 spiro atoms. The van der Waals surface area contributed by atoms with Crippen LogP contribution in [0.5, 0.6) is 5.75 Å². The maximum Gasteiger partial charge on any atom is 0.317 e. The monoisotopic (exact) mass is 340 g/mol. The van der Waals surface area contributed by atoms with Crippen molar-refractivity contribution >= 4 is 6.03 Å². The van der Waals surface area contributed by atoms with Gasteiger partial charge in [0.05, 0.1) is 0 Å². The van der Waals surface area contributed by atoms with Gasteiger partial charge in [0, 0.05) is 6.54 Å². The molecule has 0 bridgehead atoms. The summed E-state index contributed by atoms with van der Waals surface area (Å²) in [6.45, 7) is 11.2. The van der Waals surface area contributed by atoms with E-state index < -0.39 is 0 Å². The highest BCUT2D eigenvalue weighted by Gasteiger charge is 2.19. The molecule has 0 saturated heterocycles. The van der Waals surface area contributed by atoms with Gasteiger partial charge < -0.3 is 15.4 Å². The highest BCUT2D eigenvalue weighted by molar-refractivity contribution is 5.73. The Kier molecular flexibility index (Phi) is 6.07. The summed E-state index contributed by atoms with van der Waals surface area (Å²) in [5.41, 5.74) is 4.58. The van der Waals surface area contributed by atoms with Crippen LogP contribution in [-0.2, 0) is 12.0 Å². The molecule has 2 amide bonds. The molecule has 2 aromatic carbocycles. The van der Waals surface area contributed by atoms with Gasteiger partial charge in [-0.3, -0.25) is 0 Å². The number of benzene rings is 2. The van der Waals surface area contributed by atoms with Crippen LogP contribution in [0.25, 0.3) is 0 Å². The molecule has 2 rings (SSSR count). The first kappa shape index (κ1) is 18.8. The minimum absolute atomic E-state index is 0.0188. The number of nitrogens with one attached hydrogen (secondary N) is 2. The Balaban J connectivity index is 1.84. The second kappa shape index (κ2) is 8.06. The van der Waals surface area contributed by atoms with E-state index in [1.165, 1.54) is 11.1 Å². The lowest BCUT2D eigenvalue weighted by atomic mass is 9.85. The molecule has 2 N–H and O–H groups in total. The highest BCUT2D eigenvalue weighted by atomic mass is 16.5. The fourth-order valence-corrected chi connectivity index (χ4v) is 2.49. The van der Waals surface area contributed by atoms with Gasteiger partial charge in [-0.15, -0.1) is 0 Å². The van der Waals surface area contributed by atoms with Gasteiger partial charge in [-0.2, -0.15) is 0 Å². The van der Waals surface area contributed by atoms with Crippen molar-refractivity contribution in [2.24, 2.45) is 0 Å². The molecule has 0 aliphatic rings. The highest BCUT2D eigenvalue weighted by Crippen LogP contribution is 2.31. The number of carbonyl (C=O) groups is 1. The van der Waals surface area contributed by atoms with Crippen LogP contribution in [0.1, 0.15) is 43.0 Å². The lowest BCUT2D eigenvalue weighted by molar-refractivity contribution is 0.222. The van der Waals surface area contributed by atoms with Crippen LogP contribution in [0.15, 0.2) is 42.5 Å². The molecular weight excluding hydrogens is 312 g/mol. The topological polar surface area (TPSA) is 50.4 Å². The molecule has 0 heterocycles. The first-order chi connectivity index (χ1) is 11.8. The van der Waals surface area contributed by atoms with E-state index in [0.717, 1.165) is 16.9 Å². The summed E-state index contributed by atoms with van der Waals surface area (Å²) in [5, 5.41) is 5.56. The van der Waals surface area contributed by atoms with Crippen LogP contribution < -0.4 is 15.4 Å². The van der Waals surface area contributed by atoms with E-state index in [1.807, 2.05) is 43.3 Å². The Morgan fingerprint density at radius 1 is 0.960 bits per heavy atom. The number of carbonyl (C=O) groups excluding carboxylic acids is 1. The number of hydrogen-bond donors (Lipinski definition) is 2. The zero-order chi connectivity index (χ0) is 18.4. The Morgan fingerprint density at radius 3 is 2.24 bits per heavy atom. The second-order valence-corrected chi connectivity index (χ2v) is 7.38. The standard InChI is InChI=1S/C21H28N2O2/c1-15-6-9-17(10-7-15)13-22-20(24)23-14-25-19-11-8-16(2)12-18(19)21(3,4)5/h6-12H,13-14H2,1-5H3,(H2,22,23,24). The van der Waals surface area contributed by atoms with Crippen LogP contribution >= 0.6 is 0 Å². The van der Waals surface area contributed by atoms with Gasteiger partial charge in [-0.25, -0.2) is 4.79 Å². The Bertz CT molecular complexity index is 716. The van der Waals surface area contributed by atoms with Crippen molar-refractivity contribution in [1.29, 1.82) is 0 Å². The normalized spacial score (nSPS) is 11.1. The number of hydrogen-bond acceptors (Lipinski definition) is 2. The predicted molar refractivity (Wildman–Crippen MR) is 102 cm³/mol. The average molecular weight is 340 g/mol. The van der Waals surface area contributed by atoms with E-state index in [4.69, 9.17) is 4.74 Å². The maximum absolute atomic E-state index is 11.9. The van der Waals surface area contributed by atoms with E-state index in [9.17, 15) is 4.79 Å². The van der Waals surface area contributed by atoms with Gasteiger partial charge in [0.25, 0.3) is 0 Å². The van der Waals surface area contributed by atoms with Crippen LogP contribution in [-0.4, -0.2) is 12.8 Å². The van der Waals surface area contributed by atoms with E-state index in [0.29, 0.717) is 6.54 Å². The maximum atomic E-state index is 11.9. The fourth-order valence-electron chi connectivity index (χ4n) is 2.49. The molecule has 0 atom stereocenters. The second-order valence-electron chi connectivity index (χ2n) is 7.38. The van der Waals surface area contributed by atoms with Crippen molar-refractivity contribution in [1.82, 2.24) is 10.6 Å². The SMILES string of the molecule is Cc1ccc(CNC(=O)NCOc2ccc(C)cc2C(C)(C)C)cc1. The number of ether oxygens (including phenoxy) is 1. The zero-order valence-corrected chi connectivity index (χ0v) is 15.8. The molecule has 0 aliphatic carbocycles. The molecule has 4 nitrogen and oxygen atoms in total. The summed E-state index contributed by atoms with van der Waals surface area (Å²) in [4.78, 5) is 11.9. The third-order valence-electron chi connectivity index (χ3n) is 3.98. The molecule has 4 heteroatoms. The van der Waals surface area contributed by atoms with Gasteiger partial charge in [-0.05, 0) is 36.5 Å². The quantitative estimate of drug-likeness (QED) is 0.791. The summed E-state index contributed by atoms with van der Waals surface area (Å²) < 4.78 is 5.79. The van der Waals surface area contributed by atoms with Crippen LogP contribution in [0.3, 0.4) is 0 Å². The predicted octanol–water partition coefficient (Wildman–Crippen LogP) is 4.44. The molecule has 0 fully saturated rings. The molecule has 0 saturated carbocycles. The summed E-state index contributed by atoms with van der Waals surface area (Å²) in [6.07, 6.45) is 0. The minimum Gasteiger partial charge on any atom is -0.473 e. The van der Waals surface area contributed by atoms with E-state index in [-0.39, 0.29) is 18.2 Å². The van der Waals surface area contributed by atoms with Crippen molar-refractivity contribution in [2.45, 2.75) is 46.6 Å². The van der Waals surface area contributed by atoms with Crippen LogP contribution in [0, 0.1) is 13.8 Å². The van der Waals surface area contributed by atoms with Gasteiger partial charge in [0.1, 0.15) is 5.75 Å². The van der Waals surface area contributed by atoms with Crippen LogP contribution in [0.2, 0.25) is 0 Å². The minimum atomic E-state index is -0.245. The van der Waals surface area contributed by atoms with E-state index >= 15 is 0 Å². The van der Waals surface area contributed by atoms with Gasteiger partial charge in [0.15, 0.2) is 6.73 Å². The average Bonchev–Trinajstić information content (AvgIpc) is 2.55. The summed E-state index contributed by atoms with van der Waals surface area (Å²) in [6, 6.07) is 13.9. The third kappa shape index (κ3) is 5.82. The molecule has 0 aliphatic heterocycles. The first-order valence-electron chi connectivity index (χ1n) is 8.57. The molecule has 0 radical (unpaired) electrons. The Hall–Kier alpha value is -2.49. The lowest BCUT2D eigenvalue weighted by Crippen LogP contribution is -2.37. The van der Waals surface area contributed by atoms with Gasteiger partial charge in [0.2, 0.25) is 0 Å². The van der Waals surface area contributed by atoms with E-state index in [2.05, 4.69) is 44.4 Å². The molecule has 0 aromatic heterocycles. The molecule has 134 valence electrons.